The fourth-order valence-corrected chi connectivity index (χ4v) is 6.80. The van der Waals surface area contributed by atoms with Crippen LogP contribution in [0.15, 0.2) is 73.2 Å². The van der Waals surface area contributed by atoms with E-state index in [0.29, 0.717) is 0 Å². The molecule has 0 aliphatic heterocycles. The summed E-state index contributed by atoms with van der Waals surface area (Å²) in [7, 11) is 0. The van der Waals surface area contributed by atoms with Crippen LogP contribution in [-0.4, -0.2) is 15.0 Å². The Labute approximate surface area is 117 Å². The van der Waals surface area contributed by atoms with Crippen molar-refractivity contribution in [2.45, 2.75) is 0 Å². The Hall–Kier alpha value is -1.90. The molecule has 0 aliphatic rings. The van der Waals surface area contributed by atoms with E-state index in [1.54, 1.807) is 0 Å². The summed E-state index contributed by atoms with van der Waals surface area (Å²) in [6.07, 6.45) is 5.52. The quantitative estimate of drug-likeness (QED) is 0.621. The standard InChI is InChI=1S/3C5H4N.Ir/c3*1-2-4-6-5-3-1;/h3*1-4H;. The molecule has 3 nitrogen and oxygen atoms in total. The van der Waals surface area contributed by atoms with Crippen molar-refractivity contribution >= 4 is 12.6 Å². The van der Waals surface area contributed by atoms with Crippen LogP contribution in [0.3, 0.4) is 0 Å². The number of nitrogens with zero attached hydrogens (tertiary/aromatic N) is 3. The molecule has 0 amide bonds. The minimum atomic E-state index is -1.97. The van der Waals surface area contributed by atoms with E-state index < -0.39 is 16.5 Å². The van der Waals surface area contributed by atoms with E-state index in [2.05, 4.69) is 33.2 Å². The molecule has 96 valence electrons. The topological polar surface area (TPSA) is 38.7 Å². The summed E-state index contributed by atoms with van der Waals surface area (Å²) in [6.45, 7) is 0. The van der Waals surface area contributed by atoms with E-state index in [0.717, 1.165) is 12.6 Å². The van der Waals surface area contributed by atoms with Crippen LogP contribution in [0.25, 0.3) is 0 Å². The molecule has 0 radical (unpaired) electrons. The van der Waals surface area contributed by atoms with E-state index in [-0.39, 0.29) is 0 Å². The second-order valence-electron chi connectivity index (χ2n) is 3.64. The summed E-state index contributed by atoms with van der Waals surface area (Å²) in [5.74, 6) is 0. The zero-order valence-electron chi connectivity index (χ0n) is 10.1. The normalized spacial score (nSPS) is 11.1. The van der Waals surface area contributed by atoms with Crippen LogP contribution in [-0.2, 0) is 16.5 Å². The number of hydrogen-bond donors (Lipinski definition) is 0. The van der Waals surface area contributed by atoms with E-state index >= 15 is 0 Å². The molecule has 0 atom stereocenters. The Morgan fingerprint density at radius 1 is 0.526 bits per heavy atom. The molecule has 3 heterocycles. The third-order valence-corrected chi connectivity index (χ3v) is 8.17. The van der Waals surface area contributed by atoms with Crippen LogP contribution >= 0.6 is 0 Å². The molecule has 0 saturated carbocycles. The van der Waals surface area contributed by atoms with Crippen molar-refractivity contribution in [2.24, 2.45) is 0 Å². The predicted molar refractivity (Wildman–Crippen MR) is 71.6 cm³/mol. The Balaban J connectivity index is 2.12. The third kappa shape index (κ3) is 2.75. The van der Waals surface area contributed by atoms with Crippen LogP contribution in [0, 0.1) is 0 Å². The summed E-state index contributed by atoms with van der Waals surface area (Å²) >= 11 is -1.97. The number of aromatic nitrogens is 3. The maximum absolute atomic E-state index is 4.53. The van der Waals surface area contributed by atoms with Crippen molar-refractivity contribution in [1.82, 2.24) is 15.0 Å². The van der Waals surface area contributed by atoms with Crippen LogP contribution in [0.5, 0.6) is 0 Å². The van der Waals surface area contributed by atoms with E-state index in [9.17, 15) is 0 Å². The molecule has 0 fully saturated rings. The van der Waals surface area contributed by atoms with Gasteiger partial charge in [-0.2, -0.15) is 0 Å². The first-order valence-electron chi connectivity index (χ1n) is 5.81. The molecule has 19 heavy (non-hydrogen) atoms. The number of pyridine rings is 3. The molecular weight excluding hydrogens is 414 g/mol. The number of hydrogen-bond acceptors (Lipinski definition) is 3. The zero-order chi connectivity index (χ0) is 12.9. The molecular formula is C15H12IrN3. The van der Waals surface area contributed by atoms with Crippen molar-refractivity contribution < 1.29 is 16.5 Å². The summed E-state index contributed by atoms with van der Waals surface area (Å²) in [5, 5.41) is 0. The van der Waals surface area contributed by atoms with Crippen LogP contribution < -0.4 is 12.6 Å². The van der Waals surface area contributed by atoms with Crippen molar-refractivity contribution in [3.05, 3.63) is 73.2 Å². The van der Waals surface area contributed by atoms with Crippen LogP contribution in [0.1, 0.15) is 0 Å². The van der Waals surface area contributed by atoms with Gasteiger partial charge in [0.2, 0.25) is 0 Å². The molecule has 0 N–H and O–H groups in total. The van der Waals surface area contributed by atoms with Gasteiger partial charge in [-0.05, 0) is 0 Å². The Kier molecular flexibility index (Phi) is 3.73. The molecule has 3 aromatic heterocycles. The van der Waals surface area contributed by atoms with E-state index in [4.69, 9.17) is 0 Å². The van der Waals surface area contributed by atoms with Gasteiger partial charge in [0.05, 0.1) is 0 Å². The first kappa shape index (κ1) is 12.1. The summed E-state index contributed by atoms with van der Waals surface area (Å²) in [4.78, 5) is 13.6. The zero-order valence-corrected chi connectivity index (χ0v) is 12.5. The second-order valence-corrected chi connectivity index (χ2v) is 9.12. The molecule has 0 aromatic carbocycles. The molecule has 3 rings (SSSR count). The molecule has 0 spiro atoms. The van der Waals surface area contributed by atoms with Gasteiger partial charge in [-0.3, -0.25) is 0 Å². The Bertz CT molecular complexity index is 535. The fraction of sp³-hybridized carbons (Fsp3) is 0. The maximum atomic E-state index is 4.53. The van der Waals surface area contributed by atoms with Crippen molar-refractivity contribution in [3.8, 4) is 0 Å². The van der Waals surface area contributed by atoms with E-state index in [1.807, 2.05) is 55.0 Å². The summed E-state index contributed by atoms with van der Waals surface area (Å²) in [5.41, 5.74) is 0. The van der Waals surface area contributed by atoms with Crippen molar-refractivity contribution in [1.29, 1.82) is 0 Å². The predicted octanol–water partition coefficient (Wildman–Crippen LogP) is 0.766. The summed E-state index contributed by atoms with van der Waals surface area (Å²) < 4.78 is 3.37. The second kappa shape index (κ2) is 5.83. The molecule has 0 bridgehead atoms. The van der Waals surface area contributed by atoms with Gasteiger partial charge in [0, 0.05) is 0 Å². The Morgan fingerprint density at radius 2 is 0.895 bits per heavy atom. The van der Waals surface area contributed by atoms with Gasteiger partial charge in [-0.15, -0.1) is 0 Å². The van der Waals surface area contributed by atoms with Gasteiger partial charge < -0.3 is 0 Å². The first-order valence-corrected chi connectivity index (χ1v) is 9.40. The van der Waals surface area contributed by atoms with Gasteiger partial charge in [-0.25, -0.2) is 0 Å². The van der Waals surface area contributed by atoms with Gasteiger partial charge in [0.15, 0.2) is 0 Å². The van der Waals surface area contributed by atoms with Crippen molar-refractivity contribution in [3.63, 3.8) is 0 Å². The van der Waals surface area contributed by atoms with Gasteiger partial charge in [-0.1, -0.05) is 0 Å². The minimum absolute atomic E-state index is 1.12. The van der Waals surface area contributed by atoms with Crippen LogP contribution in [0.2, 0.25) is 0 Å². The average molecular weight is 426 g/mol. The molecule has 0 saturated heterocycles. The third-order valence-electron chi connectivity index (χ3n) is 2.36. The van der Waals surface area contributed by atoms with Gasteiger partial charge >= 0.3 is 117 Å². The molecule has 0 unspecified atom stereocenters. The molecule has 0 aliphatic carbocycles. The Morgan fingerprint density at radius 3 is 1.16 bits per heavy atom. The van der Waals surface area contributed by atoms with Gasteiger partial charge in [0.1, 0.15) is 0 Å². The van der Waals surface area contributed by atoms with Gasteiger partial charge in [0.25, 0.3) is 0 Å². The fourth-order valence-electron chi connectivity index (χ4n) is 1.56. The SMILES string of the molecule is c1cc[c]([Ir]([c]2ccccn2)[c]2ccccn2)nc1. The first-order chi connectivity index (χ1) is 9.45. The van der Waals surface area contributed by atoms with E-state index in [1.165, 1.54) is 0 Å². The average Bonchev–Trinajstić information content (AvgIpc) is 2.51. The van der Waals surface area contributed by atoms with Crippen molar-refractivity contribution in [2.75, 3.05) is 0 Å². The number of rotatable bonds is 3. The summed E-state index contributed by atoms with van der Waals surface area (Å²) in [6, 6.07) is 18.2. The molecule has 4 heteroatoms. The molecule has 3 aromatic rings. The monoisotopic (exact) mass is 427 g/mol. The van der Waals surface area contributed by atoms with Crippen LogP contribution in [0.4, 0.5) is 0 Å².